The van der Waals surface area contributed by atoms with Crippen LogP contribution in [0.1, 0.15) is 194 Å². The van der Waals surface area contributed by atoms with Crippen LogP contribution in [0.5, 0.6) is 0 Å². The van der Waals surface area contributed by atoms with Crippen molar-refractivity contribution in [1.29, 1.82) is 0 Å². The summed E-state index contributed by atoms with van der Waals surface area (Å²) in [5.74, 6) is -0.519. The van der Waals surface area contributed by atoms with Gasteiger partial charge in [-0.15, -0.1) is 0 Å². The Hall–Kier alpha value is -1.43. The number of allylic oxidation sites excluding steroid dienone is 5. The minimum atomic E-state index is -1.10. The number of hydrogen-bond donors (Lipinski definition) is 4. The summed E-state index contributed by atoms with van der Waals surface area (Å²) in [7, 11) is 0. The monoisotopic (exact) mass is 648 g/mol. The first-order chi connectivity index (χ1) is 22.6. The van der Waals surface area contributed by atoms with Gasteiger partial charge in [0.2, 0.25) is 5.91 Å². The van der Waals surface area contributed by atoms with Crippen molar-refractivity contribution in [2.24, 2.45) is 0 Å². The minimum absolute atomic E-state index is 0.381. The second kappa shape index (κ2) is 36.4. The fourth-order valence-electron chi connectivity index (χ4n) is 5.93. The molecule has 46 heavy (non-hydrogen) atoms. The molecule has 0 spiro atoms. The molecule has 0 aliphatic carbocycles. The van der Waals surface area contributed by atoms with Crippen LogP contribution >= 0.6 is 0 Å². The molecular weight excluding hydrogens is 570 g/mol. The molecule has 270 valence electrons. The van der Waals surface area contributed by atoms with Gasteiger partial charge in [0.1, 0.15) is 6.10 Å². The first-order valence-corrected chi connectivity index (χ1v) is 19.8. The fraction of sp³-hybridized carbons (Fsp3) is 0.829. The van der Waals surface area contributed by atoms with Crippen molar-refractivity contribution in [2.75, 3.05) is 6.61 Å². The molecule has 0 aliphatic heterocycles. The lowest BCUT2D eigenvalue weighted by Gasteiger charge is -2.21. The molecule has 0 saturated heterocycles. The molecule has 3 unspecified atom stereocenters. The predicted molar refractivity (Wildman–Crippen MR) is 199 cm³/mol. The molecule has 5 heteroatoms. The number of aliphatic hydroxyl groups is 3. The third-order valence-corrected chi connectivity index (χ3v) is 9.06. The Labute approximate surface area is 285 Å². The average molecular weight is 648 g/mol. The van der Waals surface area contributed by atoms with Crippen molar-refractivity contribution >= 4 is 5.91 Å². The zero-order valence-corrected chi connectivity index (χ0v) is 30.5. The van der Waals surface area contributed by atoms with E-state index >= 15 is 0 Å². The van der Waals surface area contributed by atoms with Crippen LogP contribution in [0, 0.1) is 0 Å². The topological polar surface area (TPSA) is 89.8 Å². The van der Waals surface area contributed by atoms with Gasteiger partial charge in [-0.3, -0.25) is 4.79 Å². The van der Waals surface area contributed by atoms with Crippen LogP contribution in [0.15, 0.2) is 36.5 Å². The van der Waals surface area contributed by atoms with E-state index in [2.05, 4.69) is 36.5 Å². The molecule has 1 amide bonds. The number of rotatable bonds is 35. The van der Waals surface area contributed by atoms with Crippen LogP contribution in [0.2, 0.25) is 0 Å². The van der Waals surface area contributed by atoms with E-state index in [4.69, 9.17) is 0 Å². The largest absolute Gasteiger partial charge is 0.394 e. The summed E-state index contributed by atoms with van der Waals surface area (Å²) < 4.78 is 0. The van der Waals surface area contributed by atoms with E-state index in [1.807, 2.05) is 13.0 Å². The number of unbranched alkanes of at least 4 members (excludes halogenated alkanes) is 24. The van der Waals surface area contributed by atoms with Gasteiger partial charge in [-0.25, -0.2) is 0 Å². The molecule has 0 rings (SSSR count). The zero-order chi connectivity index (χ0) is 33.8. The number of amides is 1. The number of carbonyl (C=O) groups excluding carboxylic acids is 1. The van der Waals surface area contributed by atoms with Crippen LogP contribution in [0.4, 0.5) is 0 Å². The minimum Gasteiger partial charge on any atom is -0.394 e. The van der Waals surface area contributed by atoms with Gasteiger partial charge in [0.25, 0.3) is 0 Å². The lowest BCUT2D eigenvalue weighted by molar-refractivity contribution is -0.131. The summed E-state index contributed by atoms with van der Waals surface area (Å²) in [6.07, 6.45) is 44.9. The van der Waals surface area contributed by atoms with E-state index in [-0.39, 0.29) is 6.61 Å². The maximum atomic E-state index is 12.4. The summed E-state index contributed by atoms with van der Waals surface area (Å²) in [4.78, 5) is 12.4. The van der Waals surface area contributed by atoms with Gasteiger partial charge in [0.15, 0.2) is 0 Å². The molecule has 0 heterocycles. The van der Waals surface area contributed by atoms with E-state index in [0.717, 1.165) is 44.9 Å². The summed E-state index contributed by atoms with van der Waals surface area (Å²) in [6.45, 7) is 3.93. The van der Waals surface area contributed by atoms with Crippen molar-refractivity contribution < 1.29 is 20.1 Å². The van der Waals surface area contributed by atoms with E-state index in [1.54, 1.807) is 6.08 Å². The molecule has 4 N–H and O–H groups in total. The van der Waals surface area contributed by atoms with Gasteiger partial charge in [-0.1, -0.05) is 191 Å². The second-order valence-electron chi connectivity index (χ2n) is 13.5. The van der Waals surface area contributed by atoms with E-state index < -0.39 is 24.2 Å². The van der Waals surface area contributed by atoms with Crippen LogP contribution in [-0.4, -0.2) is 46.1 Å². The van der Waals surface area contributed by atoms with Gasteiger partial charge in [0, 0.05) is 0 Å². The second-order valence-corrected chi connectivity index (χ2v) is 13.5. The number of carbonyl (C=O) groups is 1. The first-order valence-electron chi connectivity index (χ1n) is 19.8. The van der Waals surface area contributed by atoms with Gasteiger partial charge in [0.05, 0.1) is 18.8 Å². The highest BCUT2D eigenvalue weighted by atomic mass is 16.3. The van der Waals surface area contributed by atoms with E-state index in [0.29, 0.717) is 6.42 Å². The SMILES string of the molecule is C/C=C/CC/C=C/CC/C=C/C(O)C(CO)NC(=O)C(O)CCCCCCCCCCCCCCCCCCCCCCCCC. The van der Waals surface area contributed by atoms with Gasteiger partial charge in [-0.05, 0) is 39.0 Å². The third-order valence-electron chi connectivity index (χ3n) is 9.06. The molecule has 0 aromatic carbocycles. The molecule has 0 aromatic rings. The lowest BCUT2D eigenvalue weighted by Crippen LogP contribution is -2.48. The fourth-order valence-corrected chi connectivity index (χ4v) is 5.93. The highest BCUT2D eigenvalue weighted by Gasteiger charge is 2.22. The molecule has 5 nitrogen and oxygen atoms in total. The zero-order valence-electron chi connectivity index (χ0n) is 30.5. The molecule has 3 atom stereocenters. The van der Waals surface area contributed by atoms with E-state index in [1.165, 1.54) is 128 Å². The van der Waals surface area contributed by atoms with Gasteiger partial charge < -0.3 is 20.6 Å². The highest BCUT2D eigenvalue weighted by molar-refractivity contribution is 5.80. The Kier molecular flexibility index (Phi) is 35.3. The number of aliphatic hydroxyl groups excluding tert-OH is 3. The highest BCUT2D eigenvalue weighted by Crippen LogP contribution is 2.16. The van der Waals surface area contributed by atoms with Crippen LogP contribution in [-0.2, 0) is 4.79 Å². The van der Waals surface area contributed by atoms with Crippen molar-refractivity contribution in [3.05, 3.63) is 36.5 Å². The molecule has 0 saturated carbocycles. The average Bonchev–Trinajstić information content (AvgIpc) is 3.06. The molecule has 0 radical (unpaired) electrons. The molecular formula is C41H77NO4. The molecule has 0 bridgehead atoms. The van der Waals surface area contributed by atoms with Crippen molar-refractivity contribution in [3.8, 4) is 0 Å². The molecule has 0 aromatic heterocycles. The molecule has 0 aliphatic rings. The number of nitrogens with one attached hydrogen (secondary N) is 1. The quantitative estimate of drug-likeness (QED) is 0.0407. The van der Waals surface area contributed by atoms with Crippen molar-refractivity contribution in [2.45, 2.75) is 212 Å². The summed E-state index contributed by atoms with van der Waals surface area (Å²) in [5.41, 5.74) is 0. The number of hydrogen-bond acceptors (Lipinski definition) is 4. The van der Waals surface area contributed by atoms with E-state index in [9.17, 15) is 20.1 Å². The Morgan fingerprint density at radius 1 is 0.565 bits per heavy atom. The van der Waals surface area contributed by atoms with Crippen LogP contribution in [0.25, 0.3) is 0 Å². The lowest BCUT2D eigenvalue weighted by atomic mass is 10.0. The Morgan fingerprint density at radius 2 is 0.935 bits per heavy atom. The summed E-state index contributed by atoms with van der Waals surface area (Å²) in [5, 5.41) is 32.8. The Morgan fingerprint density at radius 3 is 1.33 bits per heavy atom. The van der Waals surface area contributed by atoms with Crippen LogP contribution in [0.3, 0.4) is 0 Å². The smallest absolute Gasteiger partial charge is 0.249 e. The third kappa shape index (κ3) is 31.2. The Balaban J connectivity index is 3.59. The summed E-state index contributed by atoms with van der Waals surface area (Å²) in [6, 6.07) is -0.816. The molecule has 0 fully saturated rings. The summed E-state index contributed by atoms with van der Waals surface area (Å²) >= 11 is 0. The first kappa shape index (κ1) is 44.6. The predicted octanol–water partition coefficient (Wildman–Crippen LogP) is 10.8. The van der Waals surface area contributed by atoms with Gasteiger partial charge >= 0.3 is 0 Å². The van der Waals surface area contributed by atoms with Crippen LogP contribution < -0.4 is 5.32 Å². The maximum Gasteiger partial charge on any atom is 0.249 e. The normalized spacial score (nSPS) is 14.1. The standard InChI is InChI=1S/C41H77NO4/c1-3-5-7-9-11-13-14-15-16-17-18-19-20-21-22-23-24-25-26-28-30-32-34-36-40(45)41(46)42-38(37-43)39(44)35-33-31-29-27-12-10-8-6-4-2/h4,6,12,27,33,35,38-40,43-45H,3,5,7-11,13-26,28-32,34,36-37H2,1-2H3,(H,42,46)/b6-4+,27-12+,35-33+. The van der Waals surface area contributed by atoms with Crippen molar-refractivity contribution in [3.63, 3.8) is 0 Å². The maximum absolute atomic E-state index is 12.4. The van der Waals surface area contributed by atoms with Gasteiger partial charge in [-0.2, -0.15) is 0 Å². The van der Waals surface area contributed by atoms with Crippen molar-refractivity contribution in [1.82, 2.24) is 5.32 Å². The Bertz CT molecular complexity index is 719.